The van der Waals surface area contributed by atoms with Crippen LogP contribution in [-0.2, 0) is 6.54 Å². The lowest BCUT2D eigenvalue weighted by molar-refractivity contribution is -0.384. The number of thiazole rings is 1. The fourth-order valence-corrected chi connectivity index (χ4v) is 5.25. The summed E-state index contributed by atoms with van der Waals surface area (Å²) in [6.45, 7) is 3.69. The van der Waals surface area contributed by atoms with Crippen molar-refractivity contribution in [3.8, 4) is 11.3 Å². The molecule has 5 rings (SSSR count). The topological polar surface area (TPSA) is 74.5 Å². The number of nitrogens with one attached hydrogen (secondary N) is 1. The average Bonchev–Trinajstić information content (AvgIpc) is 3.39. The van der Waals surface area contributed by atoms with Crippen molar-refractivity contribution in [1.29, 1.82) is 0 Å². The van der Waals surface area contributed by atoms with Crippen molar-refractivity contribution in [2.45, 2.75) is 6.54 Å². The molecule has 1 aliphatic heterocycles. The van der Waals surface area contributed by atoms with Crippen LogP contribution in [-0.4, -0.2) is 36.1 Å². The third-order valence-electron chi connectivity index (χ3n) is 6.08. The summed E-state index contributed by atoms with van der Waals surface area (Å²) in [6, 6.07) is 22.9. The molecule has 0 amide bonds. The molecular formula is C26H24ClN5O2S. The quantitative estimate of drug-likeness (QED) is 0.234. The minimum Gasteiger partial charge on any atom is -0.375 e. The van der Waals surface area contributed by atoms with E-state index in [2.05, 4.69) is 32.6 Å². The Morgan fingerprint density at radius 2 is 1.69 bits per heavy atom. The highest BCUT2D eigenvalue weighted by Crippen LogP contribution is 2.32. The maximum Gasteiger partial charge on any atom is 0.292 e. The van der Waals surface area contributed by atoms with Crippen LogP contribution in [0.25, 0.3) is 11.3 Å². The van der Waals surface area contributed by atoms with Gasteiger partial charge in [-0.1, -0.05) is 60.1 Å². The summed E-state index contributed by atoms with van der Waals surface area (Å²) in [5, 5.41) is 18.6. The maximum atomic E-state index is 11.6. The van der Waals surface area contributed by atoms with Crippen LogP contribution in [0.5, 0.6) is 0 Å². The van der Waals surface area contributed by atoms with Crippen molar-refractivity contribution in [1.82, 2.24) is 4.98 Å². The first-order chi connectivity index (χ1) is 17.1. The summed E-state index contributed by atoms with van der Waals surface area (Å²) in [4.78, 5) is 20.6. The fourth-order valence-electron chi connectivity index (χ4n) is 4.16. The van der Waals surface area contributed by atoms with Crippen LogP contribution in [0.4, 0.5) is 22.2 Å². The standard InChI is InChI=1S/C26H24ClN5O2S/c27-22-9-5-4-8-20(22)17-28-23-16-21(10-11-25(23)32(33)34)30-12-14-31(15-13-30)26-29-24(18-35-26)19-6-2-1-3-7-19/h1-11,16,18,28H,12-15,17H2. The highest BCUT2D eigenvalue weighted by atomic mass is 35.5. The number of aromatic nitrogens is 1. The molecule has 1 N–H and O–H groups in total. The molecule has 2 heterocycles. The third-order valence-corrected chi connectivity index (χ3v) is 7.35. The van der Waals surface area contributed by atoms with Crippen molar-refractivity contribution in [3.05, 3.63) is 98.9 Å². The summed E-state index contributed by atoms with van der Waals surface area (Å²) in [6.07, 6.45) is 0. The Morgan fingerprint density at radius 3 is 2.43 bits per heavy atom. The first-order valence-corrected chi connectivity index (χ1v) is 12.6. The molecule has 0 bridgehead atoms. The second-order valence-electron chi connectivity index (χ2n) is 8.26. The van der Waals surface area contributed by atoms with E-state index in [-0.39, 0.29) is 10.6 Å². The van der Waals surface area contributed by atoms with Gasteiger partial charge in [-0.15, -0.1) is 11.3 Å². The van der Waals surface area contributed by atoms with E-state index in [9.17, 15) is 10.1 Å². The number of hydrogen-bond acceptors (Lipinski definition) is 7. The van der Waals surface area contributed by atoms with E-state index in [4.69, 9.17) is 16.6 Å². The SMILES string of the molecule is O=[N+]([O-])c1ccc(N2CCN(c3nc(-c4ccccc4)cs3)CC2)cc1NCc1ccccc1Cl. The molecule has 9 heteroatoms. The Bertz CT molecular complexity index is 1320. The Labute approximate surface area is 212 Å². The molecule has 3 aromatic carbocycles. The molecule has 0 aliphatic carbocycles. The molecule has 178 valence electrons. The van der Waals surface area contributed by atoms with Gasteiger partial charge in [-0.3, -0.25) is 10.1 Å². The number of hydrogen-bond donors (Lipinski definition) is 1. The Balaban J connectivity index is 1.27. The Hall–Kier alpha value is -3.62. The molecule has 0 spiro atoms. The van der Waals surface area contributed by atoms with Crippen LogP contribution in [0.1, 0.15) is 5.56 Å². The molecule has 35 heavy (non-hydrogen) atoms. The predicted octanol–water partition coefficient (Wildman–Crippen LogP) is 6.31. The summed E-state index contributed by atoms with van der Waals surface area (Å²) < 4.78 is 0. The number of rotatable bonds is 7. The second kappa shape index (κ2) is 10.3. The fraction of sp³-hybridized carbons (Fsp3) is 0.192. The Kier molecular flexibility index (Phi) is 6.83. The largest absolute Gasteiger partial charge is 0.375 e. The number of halogens is 1. The van der Waals surface area contributed by atoms with Gasteiger partial charge in [-0.2, -0.15) is 0 Å². The number of nitro groups is 1. The lowest BCUT2D eigenvalue weighted by Crippen LogP contribution is -2.46. The van der Waals surface area contributed by atoms with Gasteiger partial charge in [0.15, 0.2) is 5.13 Å². The van der Waals surface area contributed by atoms with E-state index in [0.29, 0.717) is 17.3 Å². The summed E-state index contributed by atoms with van der Waals surface area (Å²) in [5.74, 6) is 0. The lowest BCUT2D eigenvalue weighted by Gasteiger charge is -2.36. The molecule has 1 aromatic heterocycles. The lowest BCUT2D eigenvalue weighted by atomic mass is 10.1. The van der Waals surface area contributed by atoms with Gasteiger partial charge in [0, 0.05) is 60.4 Å². The van der Waals surface area contributed by atoms with E-state index < -0.39 is 0 Å². The van der Waals surface area contributed by atoms with E-state index in [1.807, 2.05) is 54.6 Å². The van der Waals surface area contributed by atoms with Gasteiger partial charge in [-0.25, -0.2) is 4.98 Å². The van der Waals surface area contributed by atoms with Crippen molar-refractivity contribution < 1.29 is 4.92 Å². The highest BCUT2D eigenvalue weighted by molar-refractivity contribution is 7.14. The van der Waals surface area contributed by atoms with Crippen molar-refractivity contribution in [2.75, 3.05) is 41.3 Å². The summed E-state index contributed by atoms with van der Waals surface area (Å²) in [5.41, 5.74) is 4.51. The van der Waals surface area contributed by atoms with E-state index in [1.165, 1.54) is 0 Å². The molecule has 1 fully saturated rings. The van der Waals surface area contributed by atoms with E-state index in [0.717, 1.165) is 53.8 Å². The van der Waals surface area contributed by atoms with Crippen LogP contribution >= 0.6 is 22.9 Å². The van der Waals surface area contributed by atoms with Crippen molar-refractivity contribution >= 4 is 45.1 Å². The molecule has 1 aliphatic rings. The maximum absolute atomic E-state index is 11.6. The number of benzene rings is 3. The molecule has 0 atom stereocenters. The van der Waals surface area contributed by atoms with Crippen LogP contribution in [0.15, 0.2) is 78.2 Å². The van der Waals surface area contributed by atoms with Crippen molar-refractivity contribution in [2.24, 2.45) is 0 Å². The zero-order valence-electron chi connectivity index (χ0n) is 18.9. The normalized spacial score (nSPS) is 13.6. The Morgan fingerprint density at radius 1 is 0.971 bits per heavy atom. The van der Waals surface area contributed by atoms with Gasteiger partial charge in [0.2, 0.25) is 0 Å². The summed E-state index contributed by atoms with van der Waals surface area (Å²) >= 11 is 7.92. The highest BCUT2D eigenvalue weighted by Gasteiger charge is 2.22. The van der Waals surface area contributed by atoms with Gasteiger partial charge < -0.3 is 15.1 Å². The van der Waals surface area contributed by atoms with Crippen LogP contribution < -0.4 is 15.1 Å². The smallest absolute Gasteiger partial charge is 0.292 e. The van der Waals surface area contributed by atoms with Crippen LogP contribution in [0.3, 0.4) is 0 Å². The average molecular weight is 506 g/mol. The first-order valence-electron chi connectivity index (χ1n) is 11.3. The molecular weight excluding hydrogens is 482 g/mol. The third kappa shape index (κ3) is 5.23. The van der Waals surface area contributed by atoms with Gasteiger partial charge in [0.05, 0.1) is 10.6 Å². The number of nitro benzene ring substituents is 1. The number of piperazine rings is 1. The molecule has 1 saturated heterocycles. The monoisotopic (exact) mass is 505 g/mol. The zero-order valence-corrected chi connectivity index (χ0v) is 20.5. The molecule has 0 unspecified atom stereocenters. The van der Waals surface area contributed by atoms with Crippen LogP contribution in [0.2, 0.25) is 5.02 Å². The molecule has 0 saturated carbocycles. The van der Waals surface area contributed by atoms with E-state index >= 15 is 0 Å². The van der Waals surface area contributed by atoms with Gasteiger partial charge in [0.25, 0.3) is 5.69 Å². The zero-order chi connectivity index (χ0) is 24.2. The van der Waals surface area contributed by atoms with Crippen LogP contribution in [0, 0.1) is 10.1 Å². The van der Waals surface area contributed by atoms with Crippen molar-refractivity contribution in [3.63, 3.8) is 0 Å². The molecule has 7 nitrogen and oxygen atoms in total. The minimum absolute atomic E-state index is 0.0515. The number of nitrogens with zero attached hydrogens (tertiary/aromatic N) is 4. The van der Waals surface area contributed by atoms with E-state index in [1.54, 1.807) is 17.4 Å². The van der Waals surface area contributed by atoms with Gasteiger partial charge in [0.1, 0.15) is 5.69 Å². The number of anilines is 3. The second-order valence-corrected chi connectivity index (χ2v) is 9.50. The minimum atomic E-state index is -0.358. The molecule has 4 aromatic rings. The molecule has 0 radical (unpaired) electrons. The first kappa shape index (κ1) is 23.1. The summed E-state index contributed by atoms with van der Waals surface area (Å²) in [7, 11) is 0. The van der Waals surface area contributed by atoms with Gasteiger partial charge >= 0.3 is 0 Å². The predicted molar refractivity (Wildman–Crippen MR) is 144 cm³/mol. The van der Waals surface area contributed by atoms with Gasteiger partial charge in [-0.05, 0) is 23.8 Å².